The van der Waals surface area contributed by atoms with Gasteiger partial charge in [-0.2, -0.15) is 0 Å². The first-order valence-electron chi connectivity index (χ1n) is 2.20. The van der Waals surface area contributed by atoms with Gasteiger partial charge in [-0.3, -0.25) is 0 Å². The molecule has 0 unspecified atom stereocenters. The molecule has 1 rings (SSSR count). The Hall–Kier alpha value is 0.206. The Bertz CT molecular complexity index is 152. The van der Waals surface area contributed by atoms with E-state index in [0.717, 1.165) is 0 Å². The molecule has 9 heavy (non-hydrogen) atoms. The molecule has 46 valence electrons. The Balaban J connectivity index is 0.000000640. The molecule has 0 spiro atoms. The second-order valence-corrected chi connectivity index (χ2v) is 1.87. The quantitative estimate of drug-likeness (QED) is 0.501. The Morgan fingerprint density at radius 2 is 1.56 bits per heavy atom. The molecule has 0 N–H and O–H groups in total. The lowest BCUT2D eigenvalue weighted by atomic mass is 10.4. The summed E-state index contributed by atoms with van der Waals surface area (Å²) in [6, 6.07) is 5.67. The lowest BCUT2D eigenvalue weighted by Gasteiger charge is -1.84. The van der Waals surface area contributed by atoms with Crippen LogP contribution in [0.3, 0.4) is 0 Å². The number of halogens is 2. The first-order valence-corrected chi connectivity index (χ1v) is 2.58. The van der Waals surface area contributed by atoms with E-state index in [1.807, 2.05) is 0 Å². The molecule has 1 aromatic rings. The molecule has 0 nitrogen and oxygen atoms in total. The van der Waals surface area contributed by atoms with Gasteiger partial charge in [-0.25, -0.2) is 4.39 Å². The maximum Gasteiger partial charge on any atom is 0.316 e. The molecule has 3 heteroatoms. The van der Waals surface area contributed by atoms with Crippen molar-refractivity contribution in [2.45, 2.75) is 0 Å². The first-order chi connectivity index (χ1) is 3.79. The molecular weight excluding hydrogens is 151 g/mol. The van der Waals surface area contributed by atoms with Gasteiger partial charge < -0.3 is 0 Å². The largest absolute Gasteiger partial charge is 0.316 e. The van der Waals surface area contributed by atoms with Crippen LogP contribution >= 0.6 is 11.6 Å². The lowest BCUT2D eigenvalue weighted by Crippen LogP contribution is -1.67. The Kier molecular flexibility index (Phi) is 4.18. The molecule has 1 aromatic carbocycles. The Morgan fingerprint density at radius 1 is 1.11 bits per heavy atom. The molecule has 0 amide bonds. The predicted octanol–water partition coefficient (Wildman–Crippen LogP) is 1.56. The highest BCUT2D eigenvalue weighted by Gasteiger charge is 1.85. The minimum Gasteiger partial charge on any atom is -0.207 e. The second-order valence-electron chi connectivity index (χ2n) is 1.44. The fourth-order valence-electron chi connectivity index (χ4n) is 0.430. The van der Waals surface area contributed by atoms with Crippen molar-refractivity contribution < 1.29 is 4.39 Å². The van der Waals surface area contributed by atoms with Crippen LogP contribution in [0.4, 0.5) is 4.39 Å². The summed E-state index contributed by atoms with van der Waals surface area (Å²) < 4.78 is 12.0. The minimum atomic E-state index is -0.255. The van der Waals surface area contributed by atoms with Crippen molar-refractivity contribution in [3.63, 3.8) is 0 Å². The van der Waals surface area contributed by atoms with Gasteiger partial charge in [-0.05, 0) is 24.3 Å². The van der Waals surface area contributed by atoms with Gasteiger partial charge >= 0.3 is 23.1 Å². The van der Waals surface area contributed by atoms with Gasteiger partial charge in [0.1, 0.15) is 5.82 Å². The van der Waals surface area contributed by atoms with Crippen LogP contribution < -0.4 is 0 Å². The maximum atomic E-state index is 12.0. The fraction of sp³-hybridized carbons (Fsp3) is 0. The van der Waals surface area contributed by atoms with Crippen molar-refractivity contribution in [2.24, 2.45) is 0 Å². The van der Waals surface area contributed by atoms with Gasteiger partial charge in [0, 0.05) is 5.02 Å². The number of hydrogen-bond acceptors (Lipinski definition) is 0. The predicted molar refractivity (Wildman–Crippen MR) is 40.0 cm³/mol. The molecule has 0 fully saturated rings. The van der Waals surface area contributed by atoms with Crippen molar-refractivity contribution in [2.75, 3.05) is 0 Å². The zero-order chi connectivity index (χ0) is 5.98. The molecule has 0 aromatic heterocycles. The molecule has 0 atom stereocenters. The minimum absolute atomic E-state index is 0. The van der Waals surface area contributed by atoms with E-state index in [1.54, 1.807) is 0 Å². The van der Waals surface area contributed by atoms with E-state index >= 15 is 0 Å². The Labute approximate surface area is 74.2 Å². The molecule has 0 heterocycles. The van der Waals surface area contributed by atoms with Crippen LogP contribution in [-0.4, -0.2) is 23.1 Å². The highest BCUT2D eigenvalue weighted by atomic mass is 35.5. The van der Waals surface area contributed by atoms with Gasteiger partial charge in [-0.15, -0.1) is 0 Å². The molecule has 0 aliphatic heterocycles. The zero-order valence-electron chi connectivity index (χ0n) is 4.07. The summed E-state index contributed by atoms with van der Waals surface area (Å²) in [7, 11) is 0. The summed E-state index contributed by atoms with van der Waals surface area (Å²) in [5.41, 5.74) is 0. The topological polar surface area (TPSA) is 0 Å². The molecule has 0 saturated heterocycles. The highest BCUT2D eigenvalue weighted by molar-refractivity contribution is 6.30. The number of hydrogen-bond donors (Lipinski definition) is 0. The molecule has 0 radical (unpaired) electrons. The van der Waals surface area contributed by atoms with Crippen molar-refractivity contribution in [3.05, 3.63) is 35.1 Å². The average Bonchev–Trinajstić information content (AvgIpc) is 1.77. The van der Waals surface area contributed by atoms with Crippen molar-refractivity contribution in [1.82, 2.24) is 0 Å². The summed E-state index contributed by atoms with van der Waals surface area (Å²) in [6.45, 7) is 0. The van der Waals surface area contributed by atoms with E-state index < -0.39 is 0 Å². The SMILES string of the molecule is Fc1ccc(Cl)cc1.[MgH2]. The molecule has 0 bridgehead atoms. The van der Waals surface area contributed by atoms with Crippen molar-refractivity contribution in [1.29, 1.82) is 0 Å². The van der Waals surface area contributed by atoms with Gasteiger partial charge in [0.05, 0.1) is 0 Å². The van der Waals surface area contributed by atoms with Crippen LogP contribution in [0.2, 0.25) is 5.02 Å². The molecule has 0 aliphatic rings. The third-order valence-corrected chi connectivity index (χ3v) is 1.06. The third-order valence-electron chi connectivity index (χ3n) is 0.804. The van der Waals surface area contributed by atoms with Crippen LogP contribution in [0, 0.1) is 5.82 Å². The van der Waals surface area contributed by atoms with E-state index in [-0.39, 0.29) is 28.9 Å². The average molecular weight is 157 g/mol. The second kappa shape index (κ2) is 4.09. The summed E-state index contributed by atoms with van der Waals surface area (Å²) >= 11 is 5.44. The normalized spacial score (nSPS) is 8.22. The van der Waals surface area contributed by atoms with Crippen LogP contribution in [0.25, 0.3) is 0 Å². The molecular formula is C6H6ClFMg. The fourth-order valence-corrected chi connectivity index (χ4v) is 0.556. The van der Waals surface area contributed by atoms with Crippen LogP contribution in [0.5, 0.6) is 0 Å². The Morgan fingerprint density at radius 3 is 1.89 bits per heavy atom. The van der Waals surface area contributed by atoms with Crippen LogP contribution in [0.1, 0.15) is 0 Å². The van der Waals surface area contributed by atoms with Gasteiger partial charge in [0.15, 0.2) is 0 Å². The van der Waals surface area contributed by atoms with Crippen LogP contribution in [0.15, 0.2) is 24.3 Å². The van der Waals surface area contributed by atoms with E-state index in [9.17, 15) is 4.39 Å². The first kappa shape index (κ1) is 9.21. The maximum absolute atomic E-state index is 12.0. The van der Waals surface area contributed by atoms with E-state index in [1.165, 1.54) is 24.3 Å². The highest BCUT2D eigenvalue weighted by Crippen LogP contribution is 2.07. The van der Waals surface area contributed by atoms with Crippen LogP contribution in [-0.2, 0) is 0 Å². The zero-order valence-corrected chi connectivity index (χ0v) is 4.82. The molecule has 0 saturated carbocycles. The van der Waals surface area contributed by atoms with Crippen molar-refractivity contribution >= 4 is 34.7 Å². The number of benzene rings is 1. The van der Waals surface area contributed by atoms with E-state index in [0.29, 0.717) is 5.02 Å². The monoisotopic (exact) mass is 156 g/mol. The third kappa shape index (κ3) is 3.03. The van der Waals surface area contributed by atoms with E-state index in [4.69, 9.17) is 11.6 Å². The standard InChI is InChI=1S/C6H4ClF.Mg.2H/c7-5-1-3-6(8)4-2-5;;;/h1-4H;;;. The summed E-state index contributed by atoms with van der Waals surface area (Å²) in [4.78, 5) is 0. The van der Waals surface area contributed by atoms with Gasteiger partial charge in [-0.1, -0.05) is 11.6 Å². The summed E-state index contributed by atoms with van der Waals surface area (Å²) in [6.07, 6.45) is 0. The van der Waals surface area contributed by atoms with Gasteiger partial charge in [0.25, 0.3) is 0 Å². The van der Waals surface area contributed by atoms with E-state index in [2.05, 4.69) is 0 Å². The summed E-state index contributed by atoms with van der Waals surface area (Å²) in [5.74, 6) is -0.255. The smallest absolute Gasteiger partial charge is 0.207 e. The molecule has 0 aliphatic carbocycles. The van der Waals surface area contributed by atoms with Gasteiger partial charge in [0.2, 0.25) is 0 Å². The summed E-state index contributed by atoms with van der Waals surface area (Å²) in [5, 5.41) is 0.561. The van der Waals surface area contributed by atoms with Crippen molar-refractivity contribution in [3.8, 4) is 0 Å². The number of rotatable bonds is 0. The lowest BCUT2D eigenvalue weighted by molar-refractivity contribution is 0.628.